The van der Waals surface area contributed by atoms with Gasteiger partial charge in [-0.25, -0.2) is 14.4 Å². The molecule has 0 bridgehead atoms. The summed E-state index contributed by atoms with van der Waals surface area (Å²) in [7, 11) is 0. The summed E-state index contributed by atoms with van der Waals surface area (Å²) in [5.74, 6) is -0.816. The van der Waals surface area contributed by atoms with Crippen LogP contribution in [0.5, 0.6) is 0 Å². The summed E-state index contributed by atoms with van der Waals surface area (Å²) in [6.07, 6.45) is 3.92. The number of rotatable bonds is 6. The third-order valence-corrected chi connectivity index (χ3v) is 3.66. The molecule has 0 aliphatic heterocycles. The summed E-state index contributed by atoms with van der Waals surface area (Å²) in [6.45, 7) is 2.08. The number of H-pyrrole nitrogens is 1. The molecular formula is C15H15F3N8O. The molecule has 27 heavy (non-hydrogen) atoms. The van der Waals surface area contributed by atoms with Crippen molar-refractivity contribution in [1.29, 1.82) is 0 Å². The van der Waals surface area contributed by atoms with Crippen molar-refractivity contribution in [2.75, 3.05) is 12.0 Å². The lowest BCUT2D eigenvalue weighted by molar-refractivity contribution is -0.163. The minimum atomic E-state index is -1.25. The van der Waals surface area contributed by atoms with Gasteiger partial charge in [-0.15, -0.1) is 5.10 Å². The molecule has 3 aromatic heterocycles. The normalized spacial score (nSPS) is 11.8. The topological polar surface area (TPSA) is 112 Å². The predicted octanol–water partition coefficient (Wildman–Crippen LogP) is 1.89. The van der Waals surface area contributed by atoms with Crippen molar-refractivity contribution in [2.45, 2.75) is 19.4 Å². The van der Waals surface area contributed by atoms with Gasteiger partial charge in [0.1, 0.15) is 29.5 Å². The van der Waals surface area contributed by atoms with E-state index in [9.17, 15) is 18.1 Å². The van der Waals surface area contributed by atoms with Crippen LogP contribution >= 0.6 is 0 Å². The molecule has 0 saturated heterocycles. The zero-order valence-electron chi connectivity index (χ0n) is 14.3. The Balaban J connectivity index is 1.85. The number of nitrogens with zero attached hydrogens (tertiary/aromatic N) is 5. The quantitative estimate of drug-likeness (QED) is 0.442. The zero-order chi connectivity index (χ0) is 19.6. The van der Waals surface area contributed by atoms with Crippen LogP contribution < -0.4 is 10.6 Å². The standard InChI is InChI=1S/C15H15F3N8O/c1-15(2,14(27)21-7-26(17)18)24-11-6-22-25-13(23-11)10-5-20-12-9(10)3-8(16)4-19-12/h3-6H,7H2,1-2H3,(H,19,20)(H,21,27)(H,23,24,25). The average molecular weight is 380 g/mol. The lowest BCUT2D eigenvalue weighted by atomic mass is 10.1. The molecule has 0 aliphatic rings. The number of hydrogen-bond donors (Lipinski definition) is 3. The van der Waals surface area contributed by atoms with E-state index in [1.54, 1.807) is 6.20 Å². The molecular weight excluding hydrogens is 365 g/mol. The fraction of sp³-hybridized carbons (Fsp3) is 0.267. The largest absolute Gasteiger partial charge is 0.355 e. The number of anilines is 1. The molecule has 0 saturated carbocycles. The number of nitrogens with one attached hydrogen (secondary N) is 3. The van der Waals surface area contributed by atoms with Gasteiger partial charge in [0, 0.05) is 22.5 Å². The van der Waals surface area contributed by atoms with E-state index in [2.05, 4.69) is 35.8 Å². The van der Waals surface area contributed by atoms with E-state index in [4.69, 9.17) is 0 Å². The van der Waals surface area contributed by atoms with Gasteiger partial charge in [0.2, 0.25) is 5.91 Å². The van der Waals surface area contributed by atoms with E-state index in [-0.39, 0.29) is 11.6 Å². The van der Waals surface area contributed by atoms with Gasteiger partial charge < -0.3 is 15.6 Å². The number of carbonyl (C=O) groups excluding carboxylic acids is 1. The molecule has 0 fully saturated rings. The van der Waals surface area contributed by atoms with Crippen LogP contribution in [-0.2, 0) is 4.79 Å². The number of hydrogen-bond acceptors (Lipinski definition) is 7. The van der Waals surface area contributed by atoms with Crippen molar-refractivity contribution in [3.05, 3.63) is 30.5 Å². The number of pyridine rings is 1. The van der Waals surface area contributed by atoms with E-state index in [0.717, 1.165) is 6.20 Å². The average Bonchev–Trinajstić information content (AvgIpc) is 3.02. The van der Waals surface area contributed by atoms with Gasteiger partial charge in [-0.1, -0.05) is 8.96 Å². The molecule has 3 rings (SSSR count). The highest BCUT2D eigenvalue weighted by Crippen LogP contribution is 2.26. The molecule has 1 amide bonds. The summed E-state index contributed by atoms with van der Waals surface area (Å²) in [5.41, 5.74) is -0.326. The molecule has 142 valence electrons. The van der Waals surface area contributed by atoms with E-state index in [1.165, 1.54) is 26.1 Å². The molecule has 0 aliphatic carbocycles. The van der Waals surface area contributed by atoms with Gasteiger partial charge in [-0.3, -0.25) is 4.79 Å². The Morgan fingerprint density at radius 2 is 2.11 bits per heavy atom. The second-order valence-electron chi connectivity index (χ2n) is 6.13. The van der Waals surface area contributed by atoms with Crippen LogP contribution in [0.25, 0.3) is 22.4 Å². The highest BCUT2D eigenvalue weighted by molar-refractivity contribution is 5.92. The van der Waals surface area contributed by atoms with Crippen molar-refractivity contribution in [2.24, 2.45) is 0 Å². The number of aromatic amines is 1. The lowest BCUT2D eigenvalue weighted by Gasteiger charge is -2.25. The number of carbonyl (C=O) groups is 1. The SMILES string of the molecule is CC(C)(Nc1cnnc(-c2c[nH]c3ncc(F)cc23)n1)C(=O)NCN(F)F. The number of amides is 1. The third-order valence-electron chi connectivity index (χ3n) is 3.66. The Morgan fingerprint density at radius 1 is 1.33 bits per heavy atom. The Morgan fingerprint density at radius 3 is 2.85 bits per heavy atom. The molecule has 0 unspecified atom stereocenters. The first-order valence-electron chi connectivity index (χ1n) is 7.74. The molecule has 0 radical (unpaired) electrons. The first-order chi connectivity index (χ1) is 12.8. The molecule has 0 spiro atoms. The van der Waals surface area contributed by atoms with E-state index in [0.29, 0.717) is 16.6 Å². The summed E-state index contributed by atoms with van der Waals surface area (Å²) >= 11 is 0. The highest BCUT2D eigenvalue weighted by atomic mass is 19.4. The predicted molar refractivity (Wildman–Crippen MR) is 89.6 cm³/mol. The molecule has 3 N–H and O–H groups in total. The first kappa shape index (κ1) is 18.5. The third kappa shape index (κ3) is 4.11. The Labute approximate surface area is 150 Å². The monoisotopic (exact) mass is 380 g/mol. The van der Waals surface area contributed by atoms with Crippen LogP contribution in [0.15, 0.2) is 24.7 Å². The lowest BCUT2D eigenvalue weighted by Crippen LogP contribution is -2.49. The maximum atomic E-state index is 13.5. The fourth-order valence-electron chi connectivity index (χ4n) is 2.37. The van der Waals surface area contributed by atoms with Crippen LogP contribution in [0.2, 0.25) is 0 Å². The van der Waals surface area contributed by atoms with Gasteiger partial charge in [0.05, 0.1) is 12.4 Å². The summed E-state index contributed by atoms with van der Waals surface area (Å²) < 4.78 is 37.7. The highest BCUT2D eigenvalue weighted by Gasteiger charge is 2.28. The van der Waals surface area contributed by atoms with Gasteiger partial charge in [0.15, 0.2) is 5.82 Å². The smallest absolute Gasteiger partial charge is 0.246 e. The van der Waals surface area contributed by atoms with Gasteiger partial charge in [0.25, 0.3) is 0 Å². The molecule has 3 aromatic rings. The molecule has 0 atom stereocenters. The Bertz CT molecular complexity index is 975. The second-order valence-corrected chi connectivity index (χ2v) is 6.13. The molecule has 0 aromatic carbocycles. The zero-order valence-corrected chi connectivity index (χ0v) is 14.3. The number of fused-ring (bicyclic) bond motifs is 1. The Hall–Kier alpha value is -3.28. The fourth-order valence-corrected chi connectivity index (χ4v) is 2.37. The second kappa shape index (κ2) is 7.15. The van der Waals surface area contributed by atoms with Gasteiger partial charge in [-0.2, -0.15) is 5.10 Å². The van der Waals surface area contributed by atoms with Crippen molar-refractivity contribution >= 4 is 22.8 Å². The van der Waals surface area contributed by atoms with E-state index < -0.39 is 29.3 Å². The van der Waals surface area contributed by atoms with E-state index in [1.807, 2.05) is 0 Å². The molecule has 9 nitrogen and oxygen atoms in total. The van der Waals surface area contributed by atoms with Gasteiger partial charge >= 0.3 is 0 Å². The van der Waals surface area contributed by atoms with Crippen molar-refractivity contribution in [1.82, 2.24) is 35.8 Å². The summed E-state index contributed by atoms with van der Waals surface area (Å²) in [6, 6.07) is 1.29. The van der Waals surface area contributed by atoms with E-state index >= 15 is 0 Å². The first-order valence-corrected chi connectivity index (χ1v) is 7.74. The number of halogens is 3. The minimum absolute atomic E-state index is 0.175. The van der Waals surface area contributed by atoms with Crippen LogP contribution in [-0.4, -0.2) is 48.6 Å². The molecule has 3 heterocycles. The minimum Gasteiger partial charge on any atom is -0.355 e. The van der Waals surface area contributed by atoms with Crippen molar-refractivity contribution in [3.8, 4) is 11.4 Å². The van der Waals surface area contributed by atoms with Crippen LogP contribution in [0, 0.1) is 5.82 Å². The van der Waals surface area contributed by atoms with Crippen molar-refractivity contribution < 1.29 is 18.1 Å². The Kier molecular flexibility index (Phi) is 4.90. The van der Waals surface area contributed by atoms with Crippen LogP contribution in [0.3, 0.4) is 0 Å². The number of aromatic nitrogens is 5. The summed E-state index contributed by atoms with van der Waals surface area (Å²) in [4.78, 5) is 23.1. The van der Waals surface area contributed by atoms with Crippen molar-refractivity contribution in [3.63, 3.8) is 0 Å². The van der Waals surface area contributed by atoms with Gasteiger partial charge in [-0.05, 0) is 19.9 Å². The maximum absolute atomic E-state index is 13.5. The molecule has 12 heteroatoms. The van der Waals surface area contributed by atoms with Crippen LogP contribution in [0.1, 0.15) is 13.8 Å². The van der Waals surface area contributed by atoms with Crippen LogP contribution in [0.4, 0.5) is 19.2 Å². The maximum Gasteiger partial charge on any atom is 0.246 e. The summed E-state index contributed by atoms with van der Waals surface area (Å²) in [5, 5.41) is 11.9.